The summed E-state index contributed by atoms with van der Waals surface area (Å²) in [6.07, 6.45) is 0.306. The number of carbonyl (C=O) groups excluding carboxylic acids is 2. The highest BCUT2D eigenvalue weighted by Crippen LogP contribution is 2.24. The molecule has 0 aromatic heterocycles. The molecule has 14 heavy (non-hydrogen) atoms. The molecule has 1 fully saturated rings. The van der Waals surface area contributed by atoms with Crippen molar-refractivity contribution in [3.8, 4) is 0 Å². The molecule has 2 amide bonds. The third-order valence-electron chi connectivity index (χ3n) is 2.48. The molecule has 1 heterocycles. The Labute approximate surface area is 83.9 Å². The van der Waals surface area contributed by atoms with Gasteiger partial charge in [-0.05, 0) is 0 Å². The van der Waals surface area contributed by atoms with Crippen molar-refractivity contribution in [1.82, 2.24) is 4.90 Å². The van der Waals surface area contributed by atoms with E-state index in [1.165, 1.54) is 4.90 Å². The highest BCUT2D eigenvalue weighted by atomic mass is 16.3. The molecule has 0 aromatic carbocycles. The Morgan fingerprint density at radius 3 is 2.43 bits per heavy atom. The maximum Gasteiger partial charge on any atom is 0.232 e. The zero-order chi connectivity index (χ0) is 10.9. The Balaban J connectivity index is 2.70. The monoisotopic (exact) mass is 199 g/mol. The van der Waals surface area contributed by atoms with Gasteiger partial charge in [0.15, 0.2) is 0 Å². The van der Waals surface area contributed by atoms with Crippen molar-refractivity contribution in [2.24, 2.45) is 11.3 Å². The standard InChI is InChI=1S/C10H17NO3/c1-7-4-8(13)11(9(7)14)5-10(2,3)6-12/h7,12H,4-6H2,1-3H3. The third kappa shape index (κ3) is 2.12. The molecule has 1 unspecified atom stereocenters. The first-order valence-electron chi connectivity index (χ1n) is 4.82. The van der Waals surface area contributed by atoms with Crippen molar-refractivity contribution >= 4 is 11.8 Å². The van der Waals surface area contributed by atoms with Crippen molar-refractivity contribution < 1.29 is 14.7 Å². The van der Waals surface area contributed by atoms with Crippen molar-refractivity contribution in [3.63, 3.8) is 0 Å². The summed E-state index contributed by atoms with van der Waals surface area (Å²) in [5, 5.41) is 9.04. The van der Waals surface area contributed by atoms with Crippen molar-refractivity contribution in [2.45, 2.75) is 27.2 Å². The molecule has 0 saturated carbocycles. The van der Waals surface area contributed by atoms with E-state index in [0.717, 1.165) is 0 Å². The number of amides is 2. The van der Waals surface area contributed by atoms with Gasteiger partial charge in [0, 0.05) is 30.9 Å². The van der Waals surface area contributed by atoms with E-state index in [-0.39, 0.29) is 24.3 Å². The number of aliphatic hydroxyl groups is 1. The Morgan fingerprint density at radius 2 is 2.07 bits per heavy atom. The average molecular weight is 199 g/mol. The third-order valence-corrected chi connectivity index (χ3v) is 2.48. The molecule has 4 heteroatoms. The second-order valence-corrected chi connectivity index (χ2v) is 4.75. The molecular weight excluding hydrogens is 182 g/mol. The molecule has 1 atom stereocenters. The smallest absolute Gasteiger partial charge is 0.232 e. The maximum atomic E-state index is 11.5. The van der Waals surface area contributed by atoms with Gasteiger partial charge in [0.1, 0.15) is 0 Å². The molecule has 80 valence electrons. The topological polar surface area (TPSA) is 57.6 Å². The van der Waals surface area contributed by atoms with Crippen molar-refractivity contribution in [3.05, 3.63) is 0 Å². The molecule has 0 radical (unpaired) electrons. The predicted octanol–water partition coefficient (Wildman–Crippen LogP) is 0.400. The number of aliphatic hydroxyl groups excluding tert-OH is 1. The van der Waals surface area contributed by atoms with Crippen LogP contribution in [0.25, 0.3) is 0 Å². The van der Waals surface area contributed by atoms with Crippen LogP contribution in [0.15, 0.2) is 0 Å². The summed E-state index contributed by atoms with van der Waals surface area (Å²) in [4.78, 5) is 24.2. The van der Waals surface area contributed by atoms with E-state index in [1.807, 2.05) is 13.8 Å². The van der Waals surface area contributed by atoms with E-state index in [9.17, 15) is 9.59 Å². The molecule has 0 spiro atoms. The van der Waals surface area contributed by atoms with Gasteiger partial charge in [-0.25, -0.2) is 0 Å². The van der Waals surface area contributed by atoms with Gasteiger partial charge < -0.3 is 5.11 Å². The van der Waals surface area contributed by atoms with E-state index in [2.05, 4.69) is 0 Å². The lowest BCUT2D eigenvalue weighted by atomic mass is 9.94. The maximum absolute atomic E-state index is 11.5. The number of carbonyl (C=O) groups is 2. The second-order valence-electron chi connectivity index (χ2n) is 4.75. The summed E-state index contributed by atoms with van der Waals surface area (Å²) in [7, 11) is 0. The minimum atomic E-state index is -0.407. The zero-order valence-electron chi connectivity index (χ0n) is 8.91. The first-order valence-corrected chi connectivity index (χ1v) is 4.82. The van der Waals surface area contributed by atoms with Gasteiger partial charge in [0.2, 0.25) is 11.8 Å². The molecule has 0 aromatic rings. The van der Waals surface area contributed by atoms with Crippen LogP contribution < -0.4 is 0 Å². The number of hydrogen-bond donors (Lipinski definition) is 1. The van der Waals surface area contributed by atoms with Gasteiger partial charge in [0.25, 0.3) is 0 Å². The zero-order valence-corrected chi connectivity index (χ0v) is 8.91. The second kappa shape index (κ2) is 3.69. The van der Waals surface area contributed by atoms with E-state index < -0.39 is 5.41 Å². The summed E-state index contributed by atoms with van der Waals surface area (Å²) in [5.41, 5.74) is -0.407. The lowest BCUT2D eigenvalue weighted by molar-refractivity contribution is -0.141. The molecule has 4 nitrogen and oxygen atoms in total. The lowest BCUT2D eigenvalue weighted by Gasteiger charge is -2.27. The molecular formula is C10H17NO3. The van der Waals surface area contributed by atoms with E-state index in [4.69, 9.17) is 5.11 Å². The van der Waals surface area contributed by atoms with Crippen LogP contribution in [0.5, 0.6) is 0 Å². The summed E-state index contributed by atoms with van der Waals surface area (Å²) in [5.74, 6) is -0.433. The highest BCUT2D eigenvalue weighted by molar-refractivity contribution is 6.03. The van der Waals surface area contributed by atoms with E-state index in [0.29, 0.717) is 13.0 Å². The first-order chi connectivity index (χ1) is 6.37. The first kappa shape index (κ1) is 11.2. The van der Waals surface area contributed by atoms with Crippen LogP contribution in [0.1, 0.15) is 27.2 Å². The largest absolute Gasteiger partial charge is 0.396 e. The van der Waals surface area contributed by atoms with Crippen LogP contribution in [0.4, 0.5) is 0 Å². The van der Waals surface area contributed by atoms with Gasteiger partial charge in [0.05, 0.1) is 0 Å². The quantitative estimate of drug-likeness (QED) is 0.669. The fourth-order valence-corrected chi connectivity index (χ4v) is 1.49. The Bertz CT molecular complexity index is 260. The van der Waals surface area contributed by atoms with Gasteiger partial charge in [-0.1, -0.05) is 20.8 Å². The summed E-state index contributed by atoms with van der Waals surface area (Å²) in [6, 6.07) is 0. The van der Waals surface area contributed by atoms with Crippen LogP contribution in [0.2, 0.25) is 0 Å². The molecule has 0 bridgehead atoms. The van der Waals surface area contributed by atoms with Gasteiger partial charge >= 0.3 is 0 Å². The fraction of sp³-hybridized carbons (Fsp3) is 0.800. The van der Waals surface area contributed by atoms with Gasteiger partial charge in [-0.2, -0.15) is 0 Å². The Morgan fingerprint density at radius 1 is 1.50 bits per heavy atom. The summed E-state index contributed by atoms with van der Waals surface area (Å²) >= 11 is 0. The van der Waals surface area contributed by atoms with E-state index in [1.54, 1.807) is 6.92 Å². The van der Waals surface area contributed by atoms with Crippen LogP contribution in [-0.2, 0) is 9.59 Å². The number of rotatable bonds is 3. The minimum absolute atomic E-state index is 0.0293. The molecule has 1 rings (SSSR count). The van der Waals surface area contributed by atoms with Crippen molar-refractivity contribution in [2.75, 3.05) is 13.2 Å². The number of nitrogens with zero attached hydrogens (tertiary/aromatic N) is 1. The lowest BCUT2D eigenvalue weighted by Crippen LogP contribution is -2.40. The van der Waals surface area contributed by atoms with Crippen LogP contribution in [0.3, 0.4) is 0 Å². The number of imide groups is 1. The molecule has 1 aliphatic heterocycles. The highest BCUT2D eigenvalue weighted by Gasteiger charge is 2.38. The SMILES string of the molecule is CC1CC(=O)N(CC(C)(C)CO)C1=O. The van der Waals surface area contributed by atoms with Crippen LogP contribution in [0, 0.1) is 11.3 Å². The number of hydrogen-bond acceptors (Lipinski definition) is 3. The van der Waals surface area contributed by atoms with Crippen LogP contribution in [-0.4, -0.2) is 35.0 Å². The van der Waals surface area contributed by atoms with Gasteiger partial charge in [-0.3, -0.25) is 14.5 Å². The van der Waals surface area contributed by atoms with E-state index >= 15 is 0 Å². The van der Waals surface area contributed by atoms with Crippen LogP contribution >= 0.6 is 0 Å². The van der Waals surface area contributed by atoms with Gasteiger partial charge in [-0.15, -0.1) is 0 Å². The number of likely N-dealkylation sites (tertiary alicyclic amines) is 1. The minimum Gasteiger partial charge on any atom is -0.396 e. The molecule has 0 aliphatic carbocycles. The average Bonchev–Trinajstić information content (AvgIpc) is 2.32. The molecule has 1 aliphatic rings. The molecule has 1 saturated heterocycles. The summed E-state index contributed by atoms with van der Waals surface area (Å²) in [6.45, 7) is 5.70. The summed E-state index contributed by atoms with van der Waals surface area (Å²) < 4.78 is 0. The van der Waals surface area contributed by atoms with Crippen molar-refractivity contribution in [1.29, 1.82) is 0 Å². The molecule has 1 N–H and O–H groups in total. The Hall–Kier alpha value is -0.900. The Kier molecular flexibility index (Phi) is 2.95. The normalized spacial score (nSPS) is 23.4. The fourth-order valence-electron chi connectivity index (χ4n) is 1.49. The predicted molar refractivity (Wildman–Crippen MR) is 51.4 cm³/mol.